The zero-order valence-corrected chi connectivity index (χ0v) is 18.7. The number of hydrogen-bond acceptors (Lipinski definition) is 5. The van der Waals surface area contributed by atoms with Gasteiger partial charge in [0.15, 0.2) is 0 Å². The van der Waals surface area contributed by atoms with Crippen LogP contribution in [0.3, 0.4) is 0 Å². The van der Waals surface area contributed by atoms with Gasteiger partial charge in [-0.05, 0) is 61.1 Å². The van der Waals surface area contributed by atoms with Crippen molar-refractivity contribution in [3.63, 3.8) is 0 Å². The fourth-order valence-electron chi connectivity index (χ4n) is 5.35. The number of methoxy groups -OCH3 is 1. The molecule has 2 aromatic carbocycles. The van der Waals surface area contributed by atoms with E-state index in [-0.39, 0.29) is 5.91 Å². The molecule has 2 amide bonds. The molecule has 0 saturated carbocycles. The van der Waals surface area contributed by atoms with E-state index in [1.807, 2.05) is 35.2 Å². The fraction of sp³-hybridized carbons (Fsp3) is 0.400. The van der Waals surface area contributed by atoms with Crippen LogP contribution >= 0.6 is 0 Å². The lowest BCUT2D eigenvalue weighted by molar-refractivity contribution is -0.137. The minimum Gasteiger partial charge on any atom is -0.383 e. The van der Waals surface area contributed by atoms with E-state index >= 15 is 0 Å². The van der Waals surface area contributed by atoms with Crippen molar-refractivity contribution >= 4 is 22.8 Å². The average molecular weight is 449 g/mol. The largest absolute Gasteiger partial charge is 0.383 e. The molecule has 3 aromatic rings. The number of nitrogens with zero attached hydrogens (tertiary/aromatic N) is 3. The lowest BCUT2D eigenvalue weighted by Crippen LogP contribution is -2.39. The number of aromatic nitrogens is 2. The Morgan fingerprint density at radius 3 is 2.88 bits per heavy atom. The van der Waals surface area contributed by atoms with E-state index in [0.29, 0.717) is 38.2 Å². The monoisotopic (exact) mass is 448 g/mol. The van der Waals surface area contributed by atoms with Crippen LogP contribution in [0.15, 0.2) is 42.5 Å². The van der Waals surface area contributed by atoms with Crippen LogP contribution in [-0.2, 0) is 35.5 Å². The van der Waals surface area contributed by atoms with Gasteiger partial charge in [-0.25, -0.2) is 10.5 Å². The van der Waals surface area contributed by atoms with Crippen LogP contribution in [0.2, 0.25) is 0 Å². The lowest BCUT2D eigenvalue weighted by Gasteiger charge is -2.33. The Morgan fingerprint density at radius 2 is 2.06 bits per heavy atom. The number of hydrogen-bond donors (Lipinski definition) is 2. The molecule has 1 unspecified atom stereocenters. The van der Waals surface area contributed by atoms with Crippen LogP contribution in [-0.4, -0.2) is 51.7 Å². The first-order chi connectivity index (χ1) is 16.0. The highest BCUT2D eigenvalue weighted by molar-refractivity contribution is 5.93. The molecule has 2 heterocycles. The molecule has 1 fully saturated rings. The zero-order valence-electron chi connectivity index (χ0n) is 18.7. The van der Waals surface area contributed by atoms with Gasteiger partial charge in [-0.2, -0.15) is 0 Å². The van der Waals surface area contributed by atoms with Crippen LogP contribution in [0.5, 0.6) is 0 Å². The molecular weight excluding hydrogens is 420 g/mol. The standard InChI is InChI=1S/C25H28N4O4/c1-33-13-12-29-21-5-3-2-4-20(21)26-22(29)16-28-11-10-25(24(28)31)9-8-17-14-18(23(30)27-32)6-7-19(17)15-25/h2-7,14,32H,8-13,15-16H2,1H3,(H,27,30). The summed E-state index contributed by atoms with van der Waals surface area (Å²) in [7, 11) is 1.69. The van der Waals surface area contributed by atoms with Gasteiger partial charge in [0.2, 0.25) is 5.91 Å². The number of imidazole rings is 1. The molecule has 1 aromatic heterocycles. The minimum atomic E-state index is -0.516. The van der Waals surface area contributed by atoms with Crippen molar-refractivity contribution in [3.8, 4) is 0 Å². The molecule has 33 heavy (non-hydrogen) atoms. The first-order valence-electron chi connectivity index (χ1n) is 11.3. The van der Waals surface area contributed by atoms with Crippen molar-refractivity contribution in [2.45, 2.75) is 38.8 Å². The van der Waals surface area contributed by atoms with Crippen LogP contribution < -0.4 is 5.48 Å². The van der Waals surface area contributed by atoms with Gasteiger partial charge in [0.1, 0.15) is 5.82 Å². The third kappa shape index (κ3) is 3.79. The summed E-state index contributed by atoms with van der Waals surface area (Å²) < 4.78 is 7.45. The summed E-state index contributed by atoms with van der Waals surface area (Å²) in [6.45, 7) is 2.48. The van der Waals surface area contributed by atoms with E-state index in [0.717, 1.165) is 47.2 Å². The molecule has 5 rings (SSSR count). The van der Waals surface area contributed by atoms with Gasteiger partial charge in [0.05, 0.1) is 29.6 Å². The number of carbonyl (C=O) groups excluding carboxylic acids is 2. The summed E-state index contributed by atoms with van der Waals surface area (Å²) in [4.78, 5) is 32.1. The number of hydroxylamine groups is 1. The van der Waals surface area contributed by atoms with E-state index in [9.17, 15) is 9.59 Å². The van der Waals surface area contributed by atoms with Gasteiger partial charge in [0.25, 0.3) is 5.91 Å². The summed E-state index contributed by atoms with van der Waals surface area (Å²) in [5.41, 5.74) is 5.90. The van der Waals surface area contributed by atoms with Gasteiger partial charge in [0, 0.05) is 25.8 Å². The molecule has 172 valence electrons. The predicted molar refractivity (Wildman–Crippen MR) is 122 cm³/mol. The fourth-order valence-corrected chi connectivity index (χ4v) is 5.35. The third-order valence-corrected chi connectivity index (χ3v) is 7.16. The molecule has 0 radical (unpaired) electrons. The topological polar surface area (TPSA) is 96.7 Å². The smallest absolute Gasteiger partial charge is 0.274 e. The Balaban J connectivity index is 1.37. The number of nitrogens with one attached hydrogen (secondary N) is 1. The van der Waals surface area contributed by atoms with Crippen LogP contribution in [0.1, 0.15) is 40.2 Å². The summed E-state index contributed by atoms with van der Waals surface area (Å²) in [5, 5.41) is 8.89. The molecule has 0 bridgehead atoms. The van der Waals surface area contributed by atoms with Gasteiger partial charge < -0.3 is 14.2 Å². The van der Waals surface area contributed by atoms with Crippen LogP contribution in [0, 0.1) is 5.41 Å². The SMILES string of the molecule is COCCn1c(CN2CCC3(CCc4cc(C(=O)NO)ccc4C3)C2=O)nc2ccccc21. The summed E-state index contributed by atoms with van der Waals surface area (Å²) in [5.74, 6) is 0.558. The quantitative estimate of drug-likeness (QED) is 0.447. The van der Waals surface area contributed by atoms with Crippen molar-refractivity contribution in [1.29, 1.82) is 0 Å². The van der Waals surface area contributed by atoms with Crippen molar-refractivity contribution < 1.29 is 19.5 Å². The number of amides is 2. The number of carbonyl (C=O) groups is 2. The molecule has 1 saturated heterocycles. The van der Waals surface area contributed by atoms with Crippen molar-refractivity contribution in [3.05, 3.63) is 65.0 Å². The highest BCUT2D eigenvalue weighted by Gasteiger charge is 2.48. The first-order valence-corrected chi connectivity index (χ1v) is 11.3. The first kappa shape index (κ1) is 21.6. The minimum absolute atomic E-state index is 0.190. The molecule has 2 aliphatic rings. The normalized spacial score (nSPS) is 19.9. The Bertz CT molecular complexity index is 1220. The Morgan fingerprint density at radius 1 is 1.21 bits per heavy atom. The highest BCUT2D eigenvalue weighted by atomic mass is 16.5. The second kappa shape index (κ2) is 8.61. The number of para-hydroxylation sites is 2. The molecule has 8 nitrogen and oxygen atoms in total. The van der Waals surface area contributed by atoms with E-state index in [2.05, 4.69) is 10.6 Å². The number of benzene rings is 2. The molecule has 1 atom stereocenters. The lowest BCUT2D eigenvalue weighted by atomic mass is 9.70. The highest BCUT2D eigenvalue weighted by Crippen LogP contribution is 2.44. The van der Waals surface area contributed by atoms with Crippen LogP contribution in [0.4, 0.5) is 0 Å². The van der Waals surface area contributed by atoms with Gasteiger partial charge in [-0.3, -0.25) is 14.8 Å². The Kier molecular flexibility index (Phi) is 5.64. The van der Waals surface area contributed by atoms with Crippen molar-refractivity contribution in [2.24, 2.45) is 5.41 Å². The summed E-state index contributed by atoms with van der Waals surface area (Å²) in [6.07, 6.45) is 3.01. The number of likely N-dealkylation sites (tertiary alicyclic amines) is 1. The number of aryl methyl sites for hydroxylation is 1. The maximum Gasteiger partial charge on any atom is 0.274 e. The van der Waals surface area contributed by atoms with Crippen molar-refractivity contribution in [2.75, 3.05) is 20.3 Å². The van der Waals surface area contributed by atoms with Gasteiger partial charge in [-0.1, -0.05) is 18.2 Å². The molecule has 1 aliphatic carbocycles. The van der Waals surface area contributed by atoms with Gasteiger partial charge in [-0.15, -0.1) is 0 Å². The maximum atomic E-state index is 13.6. The predicted octanol–water partition coefficient (Wildman–Crippen LogP) is 2.71. The number of fused-ring (bicyclic) bond motifs is 2. The van der Waals surface area contributed by atoms with E-state index in [1.165, 1.54) is 0 Å². The van der Waals surface area contributed by atoms with E-state index in [4.69, 9.17) is 14.9 Å². The third-order valence-electron chi connectivity index (χ3n) is 7.16. The number of rotatable bonds is 6. The molecule has 1 spiro atoms. The molecular formula is C25H28N4O4. The summed E-state index contributed by atoms with van der Waals surface area (Å²) in [6, 6.07) is 13.5. The van der Waals surface area contributed by atoms with Crippen molar-refractivity contribution in [1.82, 2.24) is 19.9 Å². The van der Waals surface area contributed by atoms with E-state index < -0.39 is 11.3 Å². The Labute approximate surface area is 192 Å². The molecule has 1 aliphatic heterocycles. The average Bonchev–Trinajstić information content (AvgIpc) is 3.34. The van der Waals surface area contributed by atoms with Gasteiger partial charge >= 0.3 is 0 Å². The van der Waals surface area contributed by atoms with Crippen LogP contribution in [0.25, 0.3) is 11.0 Å². The Hall–Kier alpha value is -3.23. The van der Waals surface area contributed by atoms with E-state index in [1.54, 1.807) is 18.7 Å². The maximum absolute atomic E-state index is 13.6. The molecule has 8 heteroatoms. The second-order valence-electron chi connectivity index (χ2n) is 9.02. The zero-order chi connectivity index (χ0) is 23.0. The second-order valence-corrected chi connectivity index (χ2v) is 9.02. The number of ether oxygens (including phenoxy) is 1. The summed E-state index contributed by atoms with van der Waals surface area (Å²) >= 11 is 0. The molecule has 2 N–H and O–H groups in total.